The van der Waals surface area contributed by atoms with E-state index in [-0.39, 0.29) is 16.7 Å². The zero-order chi connectivity index (χ0) is 14.9. The minimum atomic E-state index is -0.898. The normalized spacial score (nSPS) is 12.5. The zero-order valence-electron chi connectivity index (χ0n) is 11.0. The lowest BCUT2D eigenvalue weighted by Gasteiger charge is -2.19. The molecule has 1 unspecified atom stereocenters. The van der Waals surface area contributed by atoms with Crippen molar-refractivity contribution in [2.45, 2.75) is 13.0 Å². The highest BCUT2D eigenvalue weighted by molar-refractivity contribution is 5.36. The summed E-state index contributed by atoms with van der Waals surface area (Å²) >= 11 is 0. The number of hydrogen-bond donors (Lipinski definition) is 1. The molecule has 2 aromatic rings. The van der Waals surface area contributed by atoms with Crippen LogP contribution in [0.1, 0.15) is 22.7 Å². The van der Waals surface area contributed by atoms with Gasteiger partial charge in [0.1, 0.15) is 23.3 Å². The standard InChI is InChI=1S/C15H13F4N/c1-8-5-10(14(19)7-13(8)18)15(20-2)11-6-9(16)3-4-12(11)17/h3-7,15,20H,1-2H3. The Bertz CT molecular complexity index is 640. The molecule has 2 rings (SSSR count). The molecule has 1 N–H and O–H groups in total. The van der Waals surface area contributed by atoms with E-state index in [1.807, 2.05) is 0 Å². The molecule has 0 bridgehead atoms. The topological polar surface area (TPSA) is 12.0 Å². The van der Waals surface area contributed by atoms with Crippen molar-refractivity contribution in [1.82, 2.24) is 5.32 Å². The molecule has 20 heavy (non-hydrogen) atoms. The van der Waals surface area contributed by atoms with Gasteiger partial charge in [0.2, 0.25) is 0 Å². The Morgan fingerprint density at radius 2 is 1.50 bits per heavy atom. The van der Waals surface area contributed by atoms with Crippen LogP contribution in [0.4, 0.5) is 17.6 Å². The molecule has 0 amide bonds. The fraction of sp³-hybridized carbons (Fsp3) is 0.200. The Morgan fingerprint density at radius 1 is 0.850 bits per heavy atom. The minimum absolute atomic E-state index is 0.0302. The Balaban J connectivity index is 2.58. The van der Waals surface area contributed by atoms with Gasteiger partial charge in [-0.1, -0.05) is 0 Å². The van der Waals surface area contributed by atoms with E-state index in [9.17, 15) is 17.6 Å². The summed E-state index contributed by atoms with van der Waals surface area (Å²) in [6, 6.07) is 4.09. The van der Waals surface area contributed by atoms with Crippen LogP contribution < -0.4 is 5.32 Å². The molecule has 2 aromatic carbocycles. The third-order valence-electron chi connectivity index (χ3n) is 3.15. The van der Waals surface area contributed by atoms with Gasteiger partial charge < -0.3 is 5.32 Å². The number of benzene rings is 2. The summed E-state index contributed by atoms with van der Waals surface area (Å²) in [4.78, 5) is 0. The van der Waals surface area contributed by atoms with E-state index in [2.05, 4.69) is 5.32 Å². The van der Waals surface area contributed by atoms with E-state index < -0.39 is 29.3 Å². The Kier molecular flexibility index (Phi) is 4.09. The van der Waals surface area contributed by atoms with Crippen LogP contribution in [-0.2, 0) is 0 Å². The molecule has 0 heterocycles. The number of rotatable bonds is 3. The maximum Gasteiger partial charge on any atom is 0.131 e. The second-order valence-corrected chi connectivity index (χ2v) is 4.51. The number of nitrogens with one attached hydrogen (secondary N) is 1. The summed E-state index contributed by atoms with van der Waals surface area (Å²) in [7, 11) is 1.49. The fourth-order valence-corrected chi connectivity index (χ4v) is 2.12. The average Bonchev–Trinajstić information content (AvgIpc) is 2.40. The van der Waals surface area contributed by atoms with Crippen molar-refractivity contribution in [2.24, 2.45) is 0 Å². The summed E-state index contributed by atoms with van der Waals surface area (Å²) in [6.07, 6.45) is 0. The van der Waals surface area contributed by atoms with Crippen LogP contribution in [0.3, 0.4) is 0 Å². The Hall–Kier alpha value is -1.88. The van der Waals surface area contributed by atoms with E-state index >= 15 is 0 Å². The maximum absolute atomic E-state index is 13.9. The summed E-state index contributed by atoms with van der Waals surface area (Å²) in [5.74, 6) is -2.77. The summed E-state index contributed by atoms with van der Waals surface area (Å²) < 4.78 is 54.2. The summed E-state index contributed by atoms with van der Waals surface area (Å²) in [6.45, 7) is 1.48. The highest BCUT2D eigenvalue weighted by atomic mass is 19.1. The van der Waals surface area contributed by atoms with E-state index in [0.29, 0.717) is 0 Å². The van der Waals surface area contributed by atoms with Crippen LogP contribution >= 0.6 is 0 Å². The van der Waals surface area contributed by atoms with Crippen molar-refractivity contribution >= 4 is 0 Å². The van der Waals surface area contributed by atoms with Crippen LogP contribution in [0.25, 0.3) is 0 Å². The zero-order valence-corrected chi connectivity index (χ0v) is 11.0. The van der Waals surface area contributed by atoms with Gasteiger partial charge in [0.05, 0.1) is 6.04 Å². The third kappa shape index (κ3) is 2.67. The number of aryl methyl sites for hydroxylation is 1. The molecule has 0 saturated heterocycles. The predicted molar refractivity (Wildman–Crippen MR) is 68.4 cm³/mol. The van der Waals surface area contributed by atoms with E-state index in [1.54, 1.807) is 0 Å². The minimum Gasteiger partial charge on any atom is -0.309 e. The lowest BCUT2D eigenvalue weighted by Crippen LogP contribution is -2.21. The van der Waals surface area contributed by atoms with Crippen LogP contribution in [0.15, 0.2) is 30.3 Å². The van der Waals surface area contributed by atoms with Crippen molar-refractivity contribution in [3.8, 4) is 0 Å². The summed E-state index contributed by atoms with van der Waals surface area (Å²) in [5, 5.41) is 2.72. The lowest BCUT2D eigenvalue weighted by molar-refractivity contribution is 0.526. The highest BCUT2D eigenvalue weighted by Gasteiger charge is 2.21. The van der Waals surface area contributed by atoms with Crippen molar-refractivity contribution < 1.29 is 17.6 Å². The van der Waals surface area contributed by atoms with Crippen molar-refractivity contribution in [3.05, 3.63) is 70.3 Å². The molecule has 1 nitrogen and oxygen atoms in total. The first kappa shape index (κ1) is 14.5. The fourth-order valence-electron chi connectivity index (χ4n) is 2.12. The van der Waals surface area contributed by atoms with Gasteiger partial charge >= 0.3 is 0 Å². The average molecular weight is 283 g/mol. The molecule has 0 aliphatic heterocycles. The molecule has 0 saturated carbocycles. The van der Waals surface area contributed by atoms with Crippen LogP contribution in [-0.4, -0.2) is 7.05 Å². The second kappa shape index (κ2) is 5.63. The van der Waals surface area contributed by atoms with Crippen molar-refractivity contribution in [2.75, 3.05) is 7.05 Å². The van der Waals surface area contributed by atoms with Crippen molar-refractivity contribution in [3.63, 3.8) is 0 Å². The second-order valence-electron chi connectivity index (χ2n) is 4.51. The van der Waals surface area contributed by atoms with Gasteiger partial charge in [-0.25, -0.2) is 17.6 Å². The van der Waals surface area contributed by atoms with Crippen LogP contribution in [0.2, 0.25) is 0 Å². The third-order valence-corrected chi connectivity index (χ3v) is 3.15. The molecule has 0 fully saturated rings. The van der Waals surface area contributed by atoms with E-state index in [0.717, 1.165) is 24.3 Å². The predicted octanol–water partition coefficient (Wildman–Crippen LogP) is 3.86. The quantitative estimate of drug-likeness (QED) is 0.843. The van der Waals surface area contributed by atoms with Gasteiger partial charge in [0.15, 0.2) is 0 Å². The van der Waals surface area contributed by atoms with E-state index in [1.165, 1.54) is 20.0 Å². The Morgan fingerprint density at radius 3 is 2.15 bits per heavy atom. The monoisotopic (exact) mass is 283 g/mol. The molecule has 0 spiro atoms. The first-order chi connectivity index (χ1) is 9.43. The molecule has 1 atom stereocenters. The molecule has 0 aliphatic rings. The van der Waals surface area contributed by atoms with Gasteiger partial charge in [-0.2, -0.15) is 0 Å². The molecule has 0 aromatic heterocycles. The highest BCUT2D eigenvalue weighted by Crippen LogP contribution is 2.28. The van der Waals surface area contributed by atoms with E-state index in [4.69, 9.17) is 0 Å². The molecule has 5 heteroatoms. The van der Waals surface area contributed by atoms with Crippen molar-refractivity contribution in [1.29, 1.82) is 0 Å². The SMILES string of the molecule is CNC(c1cc(F)ccc1F)c1cc(C)c(F)cc1F. The summed E-state index contributed by atoms with van der Waals surface area (Å²) in [5.41, 5.74) is 0.270. The molecule has 0 aliphatic carbocycles. The van der Waals surface area contributed by atoms with Gasteiger partial charge in [-0.15, -0.1) is 0 Å². The van der Waals surface area contributed by atoms with Gasteiger partial charge in [0, 0.05) is 17.2 Å². The Labute approximate surface area is 114 Å². The van der Waals surface area contributed by atoms with Gasteiger partial charge in [0.25, 0.3) is 0 Å². The smallest absolute Gasteiger partial charge is 0.131 e. The largest absolute Gasteiger partial charge is 0.309 e. The lowest BCUT2D eigenvalue weighted by atomic mass is 9.96. The van der Waals surface area contributed by atoms with Gasteiger partial charge in [-0.3, -0.25) is 0 Å². The van der Waals surface area contributed by atoms with Gasteiger partial charge in [-0.05, 0) is 43.8 Å². The maximum atomic E-state index is 13.9. The first-order valence-electron chi connectivity index (χ1n) is 6.01. The molecular weight excluding hydrogens is 270 g/mol. The molecule has 106 valence electrons. The van der Waals surface area contributed by atoms with Crippen LogP contribution in [0.5, 0.6) is 0 Å². The number of halogens is 4. The van der Waals surface area contributed by atoms with Crippen LogP contribution in [0, 0.1) is 30.2 Å². The number of hydrogen-bond acceptors (Lipinski definition) is 1. The first-order valence-corrected chi connectivity index (χ1v) is 6.01. The molecule has 0 radical (unpaired) electrons. The molecular formula is C15H13F4N.